The molecule has 2 aromatic carbocycles. The van der Waals surface area contributed by atoms with E-state index in [0.717, 1.165) is 13.1 Å². The second-order valence-corrected chi connectivity index (χ2v) is 6.92. The molecule has 0 aromatic heterocycles. The van der Waals surface area contributed by atoms with Gasteiger partial charge in [-0.05, 0) is 60.9 Å². The average Bonchev–Trinajstić information content (AvgIpc) is 3.02. The third-order valence-electron chi connectivity index (χ3n) is 5.05. The molecule has 1 aliphatic heterocycles. The fourth-order valence-corrected chi connectivity index (χ4v) is 3.44. The van der Waals surface area contributed by atoms with Crippen molar-refractivity contribution in [2.24, 2.45) is 0 Å². The number of rotatable bonds is 6. The van der Waals surface area contributed by atoms with Crippen molar-refractivity contribution in [1.82, 2.24) is 0 Å². The summed E-state index contributed by atoms with van der Waals surface area (Å²) < 4.78 is 10.3. The maximum Gasteiger partial charge on any atom is 0.200 e. The number of allylic oxidation sites excluding steroid dienone is 1. The van der Waals surface area contributed by atoms with Crippen molar-refractivity contribution in [3.63, 3.8) is 0 Å². The Morgan fingerprint density at radius 2 is 1.54 bits per heavy atom. The zero-order valence-corrected chi connectivity index (χ0v) is 16.5. The first-order chi connectivity index (χ1) is 13.6. The number of methoxy groups -OCH3 is 2. The first-order valence-electron chi connectivity index (χ1n) is 9.65. The number of hydrogen-bond acceptors (Lipinski definition) is 5. The molecular weight excluding hydrogens is 354 g/mol. The Morgan fingerprint density at radius 3 is 2.07 bits per heavy atom. The van der Waals surface area contributed by atoms with Gasteiger partial charge in [0.2, 0.25) is 5.75 Å². The van der Waals surface area contributed by atoms with Crippen LogP contribution in [0.5, 0.6) is 17.2 Å². The molecule has 0 unspecified atom stereocenters. The van der Waals surface area contributed by atoms with Gasteiger partial charge in [-0.3, -0.25) is 4.79 Å². The fourth-order valence-electron chi connectivity index (χ4n) is 3.44. The molecule has 0 atom stereocenters. The summed E-state index contributed by atoms with van der Waals surface area (Å²) in [5.74, 6) is 0.465. The van der Waals surface area contributed by atoms with Gasteiger partial charge >= 0.3 is 0 Å². The number of anilines is 1. The number of nitrogens with zero attached hydrogens (tertiary/aromatic N) is 1. The van der Waals surface area contributed by atoms with Crippen molar-refractivity contribution in [2.45, 2.75) is 25.7 Å². The average molecular weight is 381 g/mol. The monoisotopic (exact) mass is 381 g/mol. The number of ether oxygens (including phenoxy) is 2. The van der Waals surface area contributed by atoms with Gasteiger partial charge in [0.1, 0.15) is 0 Å². The largest absolute Gasteiger partial charge is 0.502 e. The summed E-state index contributed by atoms with van der Waals surface area (Å²) in [6, 6.07) is 11.1. The minimum absolute atomic E-state index is 0.0578. The van der Waals surface area contributed by atoms with Crippen LogP contribution in [0.2, 0.25) is 0 Å². The summed E-state index contributed by atoms with van der Waals surface area (Å²) in [4.78, 5) is 14.9. The molecule has 0 spiro atoms. The number of carbonyl (C=O) groups is 1. The molecule has 0 radical (unpaired) electrons. The van der Waals surface area contributed by atoms with Gasteiger partial charge in [-0.25, -0.2) is 0 Å². The fraction of sp³-hybridized carbons (Fsp3) is 0.348. The quantitative estimate of drug-likeness (QED) is 0.581. The van der Waals surface area contributed by atoms with E-state index in [2.05, 4.69) is 4.90 Å². The third kappa shape index (κ3) is 4.66. The van der Waals surface area contributed by atoms with Crippen LogP contribution in [0, 0.1) is 0 Å². The first-order valence-corrected chi connectivity index (χ1v) is 9.65. The molecule has 5 heteroatoms. The Hall–Kier alpha value is -2.95. The van der Waals surface area contributed by atoms with Crippen molar-refractivity contribution in [3.05, 3.63) is 53.6 Å². The Balaban J connectivity index is 1.72. The number of ketones is 1. The molecule has 1 N–H and O–H groups in total. The van der Waals surface area contributed by atoms with E-state index in [0.29, 0.717) is 22.6 Å². The van der Waals surface area contributed by atoms with Crippen LogP contribution in [0.1, 0.15) is 41.6 Å². The van der Waals surface area contributed by atoms with Crippen LogP contribution in [0.25, 0.3) is 6.08 Å². The van der Waals surface area contributed by atoms with Gasteiger partial charge in [-0.15, -0.1) is 0 Å². The topological polar surface area (TPSA) is 59.0 Å². The third-order valence-corrected chi connectivity index (χ3v) is 5.05. The smallest absolute Gasteiger partial charge is 0.200 e. The van der Waals surface area contributed by atoms with Crippen molar-refractivity contribution in [3.8, 4) is 17.2 Å². The van der Waals surface area contributed by atoms with Crippen LogP contribution >= 0.6 is 0 Å². The molecule has 1 fully saturated rings. The van der Waals surface area contributed by atoms with Crippen LogP contribution in [0.4, 0.5) is 5.69 Å². The number of phenols is 1. The van der Waals surface area contributed by atoms with Crippen LogP contribution in [-0.2, 0) is 0 Å². The normalized spacial score (nSPS) is 14.7. The molecule has 28 heavy (non-hydrogen) atoms. The van der Waals surface area contributed by atoms with Crippen LogP contribution in [0.3, 0.4) is 0 Å². The molecule has 148 valence electrons. The summed E-state index contributed by atoms with van der Waals surface area (Å²) in [6.07, 6.45) is 8.25. The van der Waals surface area contributed by atoms with Crippen LogP contribution in [0.15, 0.2) is 42.5 Å². The molecule has 0 aliphatic carbocycles. The van der Waals surface area contributed by atoms with E-state index >= 15 is 0 Å². The van der Waals surface area contributed by atoms with E-state index in [1.54, 1.807) is 18.2 Å². The first kappa shape index (κ1) is 19.8. The minimum Gasteiger partial charge on any atom is -0.502 e. The standard InChI is InChI=1S/C23H27NO4/c1-27-21-15-17(16-22(28-2)23(21)26)7-12-20(25)18-8-10-19(11-9-18)24-13-5-3-4-6-14-24/h7-12,15-16,26H,3-6,13-14H2,1-2H3/b12-7+. The van der Waals surface area contributed by atoms with E-state index < -0.39 is 0 Å². The molecule has 5 nitrogen and oxygen atoms in total. The molecule has 2 aromatic rings. The lowest BCUT2D eigenvalue weighted by molar-refractivity contribution is 0.104. The molecule has 0 amide bonds. The van der Waals surface area contributed by atoms with Gasteiger partial charge in [0.15, 0.2) is 17.3 Å². The van der Waals surface area contributed by atoms with Crippen molar-refractivity contribution >= 4 is 17.5 Å². The second kappa shape index (κ2) is 9.31. The summed E-state index contributed by atoms with van der Waals surface area (Å²) >= 11 is 0. The van der Waals surface area contributed by atoms with Gasteiger partial charge < -0.3 is 19.5 Å². The molecule has 0 bridgehead atoms. The number of hydrogen-bond donors (Lipinski definition) is 1. The lowest BCUT2D eigenvalue weighted by atomic mass is 10.1. The van der Waals surface area contributed by atoms with E-state index in [4.69, 9.17) is 9.47 Å². The lowest BCUT2D eigenvalue weighted by Gasteiger charge is -2.22. The maximum atomic E-state index is 12.5. The Morgan fingerprint density at radius 1 is 0.964 bits per heavy atom. The molecule has 1 aliphatic rings. The number of phenolic OH excluding ortho intramolecular Hbond substituents is 1. The Labute approximate surface area is 166 Å². The van der Waals surface area contributed by atoms with Gasteiger partial charge in [-0.2, -0.15) is 0 Å². The summed E-state index contributed by atoms with van der Waals surface area (Å²) in [7, 11) is 2.94. The van der Waals surface area contributed by atoms with E-state index in [1.807, 2.05) is 24.3 Å². The van der Waals surface area contributed by atoms with Gasteiger partial charge in [-0.1, -0.05) is 18.9 Å². The Bertz CT molecular complexity index is 809. The van der Waals surface area contributed by atoms with E-state index in [9.17, 15) is 9.90 Å². The Kier molecular flexibility index (Phi) is 6.58. The molecule has 0 saturated carbocycles. The van der Waals surface area contributed by atoms with Gasteiger partial charge in [0, 0.05) is 24.3 Å². The highest BCUT2D eigenvalue weighted by molar-refractivity contribution is 6.07. The highest BCUT2D eigenvalue weighted by Gasteiger charge is 2.12. The molecule has 1 saturated heterocycles. The SMILES string of the molecule is COc1cc(/C=C/C(=O)c2ccc(N3CCCCCC3)cc2)cc(OC)c1O. The van der Waals surface area contributed by atoms with Gasteiger partial charge in [0.05, 0.1) is 14.2 Å². The second-order valence-electron chi connectivity index (χ2n) is 6.92. The zero-order valence-electron chi connectivity index (χ0n) is 16.5. The summed E-state index contributed by atoms with van der Waals surface area (Å²) in [5, 5.41) is 9.97. The van der Waals surface area contributed by atoms with Gasteiger partial charge in [0.25, 0.3) is 0 Å². The highest BCUT2D eigenvalue weighted by atomic mass is 16.5. The van der Waals surface area contributed by atoms with Crippen LogP contribution < -0.4 is 14.4 Å². The van der Waals surface area contributed by atoms with Crippen molar-refractivity contribution in [1.29, 1.82) is 0 Å². The maximum absolute atomic E-state index is 12.5. The lowest BCUT2D eigenvalue weighted by Crippen LogP contribution is -2.23. The summed E-state index contributed by atoms with van der Waals surface area (Å²) in [5.41, 5.74) is 2.53. The molecular formula is C23H27NO4. The molecule has 1 heterocycles. The van der Waals surface area contributed by atoms with E-state index in [1.165, 1.54) is 51.7 Å². The summed E-state index contributed by atoms with van der Waals surface area (Å²) in [6.45, 7) is 2.16. The highest BCUT2D eigenvalue weighted by Crippen LogP contribution is 2.37. The molecule has 3 rings (SSSR count). The number of benzene rings is 2. The van der Waals surface area contributed by atoms with Crippen LogP contribution in [-0.4, -0.2) is 38.2 Å². The van der Waals surface area contributed by atoms with Crippen molar-refractivity contribution < 1.29 is 19.4 Å². The number of aromatic hydroxyl groups is 1. The van der Waals surface area contributed by atoms with E-state index in [-0.39, 0.29) is 11.5 Å². The number of carbonyl (C=O) groups excluding carboxylic acids is 1. The predicted octanol–water partition coefficient (Wildman–Crippen LogP) is 4.69. The predicted molar refractivity (Wildman–Crippen MR) is 112 cm³/mol. The van der Waals surface area contributed by atoms with Crippen molar-refractivity contribution in [2.75, 3.05) is 32.2 Å². The minimum atomic E-state index is -0.0755. The zero-order chi connectivity index (χ0) is 19.9.